The molecule has 0 aromatic heterocycles. The first-order chi connectivity index (χ1) is 12.4. The fourth-order valence-electron chi connectivity index (χ4n) is 4.05. The SMILES string of the molecule is CCCCCC(CC)(CC)c1ccc2cccc(C(=O)O)c2c1C(=O)O. The van der Waals surface area contributed by atoms with Crippen molar-refractivity contribution in [2.45, 2.75) is 64.7 Å². The van der Waals surface area contributed by atoms with Crippen LogP contribution in [0.3, 0.4) is 0 Å². The van der Waals surface area contributed by atoms with Gasteiger partial charge in [0.2, 0.25) is 0 Å². The lowest BCUT2D eigenvalue weighted by atomic mass is 9.69. The molecule has 0 unspecified atom stereocenters. The Morgan fingerprint density at radius 3 is 2.15 bits per heavy atom. The molecule has 2 aromatic carbocycles. The Morgan fingerprint density at radius 1 is 0.923 bits per heavy atom. The molecule has 4 heteroatoms. The van der Waals surface area contributed by atoms with Gasteiger partial charge in [-0.1, -0.05) is 64.3 Å². The van der Waals surface area contributed by atoms with Crippen LogP contribution in [-0.2, 0) is 5.41 Å². The van der Waals surface area contributed by atoms with Crippen molar-refractivity contribution in [2.75, 3.05) is 0 Å². The lowest BCUT2D eigenvalue weighted by molar-refractivity contribution is 0.0693. The Morgan fingerprint density at radius 2 is 1.62 bits per heavy atom. The van der Waals surface area contributed by atoms with Gasteiger partial charge in [-0.05, 0) is 41.7 Å². The van der Waals surface area contributed by atoms with Crippen molar-refractivity contribution < 1.29 is 19.8 Å². The lowest BCUT2D eigenvalue weighted by Gasteiger charge is -2.34. The fourth-order valence-corrected chi connectivity index (χ4v) is 4.05. The largest absolute Gasteiger partial charge is 0.478 e. The molecule has 0 spiro atoms. The van der Waals surface area contributed by atoms with Crippen molar-refractivity contribution in [1.29, 1.82) is 0 Å². The molecule has 0 amide bonds. The standard InChI is InChI=1S/C22H28O4/c1-4-7-8-14-22(5-2,6-3)17-13-12-15-10-9-11-16(20(23)24)18(15)19(17)21(25)26/h9-13H,4-8,14H2,1-3H3,(H,23,24)(H,25,26). The summed E-state index contributed by atoms with van der Waals surface area (Å²) in [6.45, 7) is 6.33. The maximum absolute atomic E-state index is 12.2. The third kappa shape index (κ3) is 3.59. The molecule has 2 aromatic rings. The average molecular weight is 356 g/mol. The van der Waals surface area contributed by atoms with E-state index in [1.54, 1.807) is 12.1 Å². The van der Waals surface area contributed by atoms with Gasteiger partial charge in [-0.15, -0.1) is 0 Å². The molecule has 0 atom stereocenters. The zero-order chi connectivity index (χ0) is 19.3. The van der Waals surface area contributed by atoms with Gasteiger partial charge in [0, 0.05) is 5.39 Å². The van der Waals surface area contributed by atoms with E-state index in [1.807, 2.05) is 12.1 Å². The van der Waals surface area contributed by atoms with Gasteiger partial charge in [0.15, 0.2) is 0 Å². The zero-order valence-corrected chi connectivity index (χ0v) is 15.8. The Balaban J connectivity index is 2.80. The minimum Gasteiger partial charge on any atom is -0.478 e. The van der Waals surface area contributed by atoms with Crippen LogP contribution >= 0.6 is 0 Å². The summed E-state index contributed by atoms with van der Waals surface area (Å²) in [5, 5.41) is 20.6. The summed E-state index contributed by atoms with van der Waals surface area (Å²) in [6.07, 6.45) is 5.82. The highest BCUT2D eigenvalue weighted by Crippen LogP contribution is 2.41. The third-order valence-corrected chi connectivity index (χ3v) is 5.67. The second-order valence-corrected chi connectivity index (χ2v) is 6.95. The number of rotatable bonds is 9. The van der Waals surface area contributed by atoms with Crippen molar-refractivity contribution in [2.24, 2.45) is 0 Å². The van der Waals surface area contributed by atoms with Crippen LogP contribution in [0.4, 0.5) is 0 Å². The van der Waals surface area contributed by atoms with E-state index in [2.05, 4.69) is 20.8 Å². The van der Waals surface area contributed by atoms with Gasteiger partial charge in [-0.25, -0.2) is 9.59 Å². The monoisotopic (exact) mass is 356 g/mol. The number of carboxylic acid groups (broad SMARTS) is 2. The predicted molar refractivity (Wildman–Crippen MR) is 104 cm³/mol. The second-order valence-electron chi connectivity index (χ2n) is 6.95. The zero-order valence-electron chi connectivity index (χ0n) is 15.8. The molecule has 0 saturated heterocycles. The van der Waals surface area contributed by atoms with Gasteiger partial charge in [0.25, 0.3) is 0 Å². The molecule has 0 heterocycles. The molecule has 0 radical (unpaired) electrons. The first-order valence-corrected chi connectivity index (χ1v) is 9.44. The minimum atomic E-state index is -1.10. The highest BCUT2D eigenvalue weighted by atomic mass is 16.4. The summed E-state index contributed by atoms with van der Waals surface area (Å²) in [6, 6.07) is 8.68. The Labute approximate surface area is 154 Å². The van der Waals surface area contributed by atoms with Crippen molar-refractivity contribution in [3.63, 3.8) is 0 Å². The Kier molecular flexibility index (Phi) is 6.41. The average Bonchev–Trinajstić information content (AvgIpc) is 2.64. The molecule has 2 rings (SSSR count). The highest BCUT2D eigenvalue weighted by Gasteiger charge is 2.33. The Bertz CT molecular complexity index is 803. The minimum absolute atomic E-state index is 0.0522. The van der Waals surface area contributed by atoms with E-state index < -0.39 is 11.9 Å². The number of hydrogen-bond donors (Lipinski definition) is 2. The van der Waals surface area contributed by atoms with Crippen molar-refractivity contribution in [3.05, 3.63) is 47.0 Å². The molecule has 0 bridgehead atoms. The van der Waals surface area contributed by atoms with Gasteiger partial charge in [0.1, 0.15) is 0 Å². The first-order valence-electron chi connectivity index (χ1n) is 9.44. The summed E-state index contributed by atoms with van der Waals surface area (Å²) in [4.78, 5) is 23.9. The van der Waals surface area contributed by atoms with Gasteiger partial charge >= 0.3 is 11.9 Å². The summed E-state index contributed by atoms with van der Waals surface area (Å²) < 4.78 is 0. The summed E-state index contributed by atoms with van der Waals surface area (Å²) in [7, 11) is 0. The van der Waals surface area contributed by atoms with Gasteiger partial charge < -0.3 is 10.2 Å². The van der Waals surface area contributed by atoms with Crippen LogP contribution in [0.15, 0.2) is 30.3 Å². The first kappa shape index (κ1) is 20.0. The lowest BCUT2D eigenvalue weighted by Crippen LogP contribution is -2.27. The third-order valence-electron chi connectivity index (χ3n) is 5.67. The normalized spacial score (nSPS) is 11.7. The van der Waals surface area contributed by atoms with Crippen molar-refractivity contribution in [3.8, 4) is 0 Å². The maximum Gasteiger partial charge on any atom is 0.336 e. The predicted octanol–water partition coefficient (Wildman–Crippen LogP) is 5.87. The number of benzene rings is 2. The van der Waals surface area contributed by atoms with Crippen LogP contribution in [-0.4, -0.2) is 22.2 Å². The fraction of sp³-hybridized carbons (Fsp3) is 0.455. The molecular weight excluding hydrogens is 328 g/mol. The number of hydrogen-bond acceptors (Lipinski definition) is 2. The number of fused-ring (bicyclic) bond motifs is 1. The van der Waals surface area contributed by atoms with Gasteiger partial charge in [0.05, 0.1) is 11.1 Å². The van der Waals surface area contributed by atoms with E-state index in [-0.39, 0.29) is 16.5 Å². The molecule has 4 nitrogen and oxygen atoms in total. The van der Waals surface area contributed by atoms with Crippen LogP contribution in [0.25, 0.3) is 10.8 Å². The van der Waals surface area contributed by atoms with E-state index in [0.29, 0.717) is 10.8 Å². The van der Waals surface area contributed by atoms with E-state index in [4.69, 9.17) is 0 Å². The molecule has 140 valence electrons. The van der Waals surface area contributed by atoms with E-state index >= 15 is 0 Å². The molecule has 0 aliphatic rings. The van der Waals surface area contributed by atoms with Crippen LogP contribution in [0.2, 0.25) is 0 Å². The maximum atomic E-state index is 12.2. The molecule has 0 aliphatic carbocycles. The van der Waals surface area contributed by atoms with Crippen molar-refractivity contribution >= 4 is 22.7 Å². The van der Waals surface area contributed by atoms with Crippen LogP contribution < -0.4 is 0 Å². The summed E-state index contributed by atoms with van der Waals surface area (Å²) in [5.74, 6) is -2.15. The topological polar surface area (TPSA) is 74.6 Å². The van der Waals surface area contributed by atoms with Crippen LogP contribution in [0, 0.1) is 0 Å². The highest BCUT2D eigenvalue weighted by molar-refractivity contribution is 6.13. The van der Waals surface area contributed by atoms with Crippen LogP contribution in [0.1, 0.15) is 85.6 Å². The molecule has 0 saturated carbocycles. The quantitative estimate of drug-likeness (QED) is 0.551. The van der Waals surface area contributed by atoms with Crippen molar-refractivity contribution in [1.82, 2.24) is 0 Å². The molecule has 0 fully saturated rings. The molecule has 26 heavy (non-hydrogen) atoms. The number of carboxylic acids is 2. The summed E-state index contributed by atoms with van der Waals surface area (Å²) in [5.41, 5.74) is 0.729. The van der Waals surface area contributed by atoms with E-state index in [0.717, 1.165) is 44.1 Å². The molecule has 0 aliphatic heterocycles. The van der Waals surface area contributed by atoms with E-state index in [9.17, 15) is 19.8 Å². The van der Waals surface area contributed by atoms with E-state index in [1.165, 1.54) is 6.07 Å². The number of carbonyl (C=O) groups is 2. The summed E-state index contributed by atoms with van der Waals surface area (Å²) >= 11 is 0. The van der Waals surface area contributed by atoms with Crippen LogP contribution in [0.5, 0.6) is 0 Å². The van der Waals surface area contributed by atoms with Gasteiger partial charge in [-0.3, -0.25) is 0 Å². The Hall–Kier alpha value is -2.36. The van der Waals surface area contributed by atoms with Gasteiger partial charge in [-0.2, -0.15) is 0 Å². The second kappa shape index (κ2) is 8.35. The smallest absolute Gasteiger partial charge is 0.336 e. The number of unbranched alkanes of at least 4 members (excludes halogenated alkanes) is 2. The number of aromatic carboxylic acids is 2. The molecular formula is C22H28O4. The molecule has 2 N–H and O–H groups in total.